The lowest BCUT2D eigenvalue weighted by Gasteiger charge is -2.22. The number of aliphatic carboxylic acids is 1. The monoisotopic (exact) mass is 416 g/mol. The topological polar surface area (TPSA) is 116 Å². The van der Waals surface area contributed by atoms with Gasteiger partial charge in [-0.3, -0.25) is 0 Å². The summed E-state index contributed by atoms with van der Waals surface area (Å²) >= 11 is 6.09. The third-order valence-electron chi connectivity index (χ3n) is 4.87. The second kappa shape index (κ2) is 7.49. The fourth-order valence-electron chi connectivity index (χ4n) is 3.47. The lowest BCUT2D eigenvalue weighted by atomic mass is 10.2. The maximum absolute atomic E-state index is 11.7. The van der Waals surface area contributed by atoms with Crippen LogP contribution in [0.2, 0.25) is 5.02 Å². The van der Waals surface area contributed by atoms with Crippen molar-refractivity contribution in [1.29, 1.82) is 0 Å². The molecule has 1 aliphatic heterocycles. The molecule has 0 saturated carbocycles. The number of aliphatic hydroxyl groups excluding tert-OH is 1. The van der Waals surface area contributed by atoms with E-state index in [-0.39, 0.29) is 25.0 Å². The number of halogens is 1. The molecule has 0 spiro atoms. The number of anilines is 3. The van der Waals surface area contributed by atoms with E-state index in [2.05, 4.69) is 20.3 Å². The van der Waals surface area contributed by atoms with Crippen LogP contribution in [0.15, 0.2) is 30.6 Å². The number of aromatic nitrogens is 4. The van der Waals surface area contributed by atoms with Crippen LogP contribution in [0.25, 0.3) is 11.2 Å². The van der Waals surface area contributed by atoms with Crippen molar-refractivity contribution in [3.05, 3.63) is 35.6 Å². The minimum absolute atomic E-state index is 0.0983. The van der Waals surface area contributed by atoms with Gasteiger partial charge < -0.3 is 25.0 Å². The molecule has 2 aromatic heterocycles. The number of fused-ring (bicyclic) bond motifs is 1. The summed E-state index contributed by atoms with van der Waals surface area (Å²) in [6, 6.07) is 6.39. The first-order chi connectivity index (χ1) is 13.8. The van der Waals surface area contributed by atoms with Crippen molar-refractivity contribution in [3.63, 3.8) is 0 Å². The van der Waals surface area contributed by atoms with Gasteiger partial charge in [0.15, 0.2) is 17.0 Å². The van der Waals surface area contributed by atoms with Crippen molar-refractivity contribution < 1.29 is 15.0 Å². The molecule has 1 aromatic carbocycles. The maximum Gasteiger partial charge on any atom is 0.326 e. The van der Waals surface area contributed by atoms with E-state index in [1.807, 2.05) is 30.5 Å². The van der Waals surface area contributed by atoms with Crippen molar-refractivity contribution >= 4 is 46.2 Å². The number of benzene rings is 1. The second-order valence-corrected chi connectivity index (χ2v) is 7.76. The zero-order chi connectivity index (χ0) is 20.7. The minimum Gasteiger partial charge on any atom is -0.480 e. The molecule has 29 heavy (non-hydrogen) atoms. The van der Waals surface area contributed by atoms with E-state index in [1.165, 1.54) is 4.90 Å². The molecule has 2 unspecified atom stereocenters. The molecule has 152 valence electrons. The van der Waals surface area contributed by atoms with Gasteiger partial charge in [-0.2, -0.15) is 9.97 Å². The van der Waals surface area contributed by atoms with Crippen LogP contribution in [0.5, 0.6) is 0 Å². The van der Waals surface area contributed by atoms with Crippen LogP contribution in [0, 0.1) is 0 Å². The molecule has 3 N–H and O–H groups in total. The first-order valence-corrected chi connectivity index (χ1v) is 9.66. The summed E-state index contributed by atoms with van der Waals surface area (Å²) in [4.78, 5) is 26.8. The van der Waals surface area contributed by atoms with E-state index in [0.29, 0.717) is 22.0 Å². The molecule has 0 radical (unpaired) electrons. The number of β-amino-alcohol motifs (C(OH)–C–C–N with tert-alkyl or cyclic N) is 1. The summed E-state index contributed by atoms with van der Waals surface area (Å²) in [5, 5.41) is 23.4. The molecular weight excluding hydrogens is 396 g/mol. The molecule has 0 bridgehead atoms. The van der Waals surface area contributed by atoms with E-state index < -0.39 is 18.1 Å². The predicted octanol–water partition coefficient (Wildman–Crippen LogP) is 2.83. The highest BCUT2D eigenvalue weighted by atomic mass is 35.5. The predicted molar refractivity (Wildman–Crippen MR) is 110 cm³/mol. The van der Waals surface area contributed by atoms with E-state index >= 15 is 0 Å². The minimum atomic E-state index is -1.02. The summed E-state index contributed by atoms with van der Waals surface area (Å²) in [5.41, 5.74) is 1.87. The Labute approximate surface area is 172 Å². The van der Waals surface area contributed by atoms with Crippen LogP contribution in [-0.4, -0.2) is 54.4 Å². The Balaban J connectivity index is 1.84. The quantitative estimate of drug-likeness (QED) is 0.581. The second-order valence-electron chi connectivity index (χ2n) is 7.32. The third-order valence-corrected chi connectivity index (χ3v) is 5.11. The first kappa shape index (κ1) is 19.4. The highest BCUT2D eigenvalue weighted by Gasteiger charge is 2.38. The normalized spacial score (nSPS) is 19.3. The average Bonchev–Trinajstić information content (AvgIpc) is 3.25. The Bertz CT molecular complexity index is 1070. The lowest BCUT2D eigenvalue weighted by molar-refractivity contribution is -0.138. The van der Waals surface area contributed by atoms with Crippen LogP contribution in [0.4, 0.5) is 17.5 Å². The lowest BCUT2D eigenvalue weighted by Crippen LogP contribution is -2.37. The molecule has 10 heteroatoms. The number of carboxylic acid groups (broad SMARTS) is 1. The zero-order valence-corrected chi connectivity index (χ0v) is 16.7. The number of rotatable bonds is 5. The highest BCUT2D eigenvalue weighted by molar-refractivity contribution is 6.30. The van der Waals surface area contributed by atoms with Crippen LogP contribution in [-0.2, 0) is 4.79 Å². The zero-order valence-electron chi connectivity index (χ0n) is 15.9. The van der Waals surface area contributed by atoms with Crippen molar-refractivity contribution in [2.24, 2.45) is 0 Å². The molecular formula is C19H21ClN6O3. The van der Waals surface area contributed by atoms with Crippen molar-refractivity contribution in [2.45, 2.75) is 38.5 Å². The number of imidazole rings is 1. The van der Waals surface area contributed by atoms with Crippen LogP contribution in [0.1, 0.15) is 26.3 Å². The maximum atomic E-state index is 11.7. The van der Waals surface area contributed by atoms with Gasteiger partial charge in [-0.05, 0) is 32.0 Å². The molecule has 4 rings (SSSR count). The third kappa shape index (κ3) is 3.70. The molecule has 2 atom stereocenters. The number of carboxylic acids is 1. The fourth-order valence-corrected chi connectivity index (χ4v) is 3.66. The number of hydrogen-bond acceptors (Lipinski definition) is 7. The van der Waals surface area contributed by atoms with Gasteiger partial charge in [0.2, 0.25) is 5.95 Å². The van der Waals surface area contributed by atoms with E-state index in [1.54, 1.807) is 18.5 Å². The van der Waals surface area contributed by atoms with Crippen LogP contribution < -0.4 is 10.2 Å². The van der Waals surface area contributed by atoms with Gasteiger partial charge in [0.1, 0.15) is 6.04 Å². The Morgan fingerprint density at radius 3 is 2.83 bits per heavy atom. The van der Waals surface area contributed by atoms with Gasteiger partial charge in [0.25, 0.3) is 0 Å². The van der Waals surface area contributed by atoms with E-state index in [9.17, 15) is 15.0 Å². The standard InChI is InChI=1S/C19H21ClN6O3/c1-10(2)26-9-21-15-16(22-12-5-3-4-11(20)6-12)23-19(24-17(15)26)25-8-13(27)7-14(25)18(28)29/h3-6,9-10,13-14,27H,7-8H2,1-2H3,(H,28,29)(H,22,23,24). The van der Waals surface area contributed by atoms with Gasteiger partial charge >= 0.3 is 5.97 Å². The smallest absolute Gasteiger partial charge is 0.326 e. The molecule has 0 aliphatic carbocycles. The number of carbonyl (C=O) groups is 1. The summed E-state index contributed by atoms with van der Waals surface area (Å²) < 4.78 is 1.89. The Morgan fingerprint density at radius 1 is 1.34 bits per heavy atom. The molecule has 1 fully saturated rings. The summed E-state index contributed by atoms with van der Waals surface area (Å²) in [6.07, 6.45) is 1.05. The Morgan fingerprint density at radius 2 is 2.14 bits per heavy atom. The Kier molecular flexibility index (Phi) is 5.01. The highest BCUT2D eigenvalue weighted by Crippen LogP contribution is 2.30. The average molecular weight is 417 g/mol. The molecule has 3 heterocycles. The van der Waals surface area contributed by atoms with Crippen LogP contribution in [0.3, 0.4) is 0 Å². The molecule has 1 aliphatic rings. The first-order valence-electron chi connectivity index (χ1n) is 9.28. The molecule has 3 aromatic rings. The SMILES string of the molecule is CC(C)n1cnc2c(Nc3cccc(Cl)c3)nc(N3CC(O)CC3C(=O)O)nc21. The van der Waals surface area contributed by atoms with Gasteiger partial charge in [-0.1, -0.05) is 17.7 Å². The number of hydrogen-bond donors (Lipinski definition) is 3. The van der Waals surface area contributed by atoms with Crippen molar-refractivity contribution in [1.82, 2.24) is 19.5 Å². The van der Waals surface area contributed by atoms with Gasteiger partial charge in [-0.15, -0.1) is 0 Å². The van der Waals surface area contributed by atoms with Crippen molar-refractivity contribution in [2.75, 3.05) is 16.8 Å². The largest absolute Gasteiger partial charge is 0.480 e. The van der Waals surface area contributed by atoms with Gasteiger partial charge in [0.05, 0.1) is 12.4 Å². The Hall–Kier alpha value is -2.91. The summed E-state index contributed by atoms with van der Waals surface area (Å²) in [5.74, 6) is -0.350. The van der Waals surface area contributed by atoms with Crippen molar-refractivity contribution in [3.8, 4) is 0 Å². The van der Waals surface area contributed by atoms with E-state index in [0.717, 1.165) is 5.69 Å². The van der Waals surface area contributed by atoms with Gasteiger partial charge in [0, 0.05) is 29.7 Å². The van der Waals surface area contributed by atoms with Gasteiger partial charge in [-0.25, -0.2) is 9.78 Å². The number of aliphatic hydroxyl groups is 1. The van der Waals surface area contributed by atoms with E-state index in [4.69, 9.17) is 11.6 Å². The fraction of sp³-hybridized carbons (Fsp3) is 0.368. The number of nitrogens with one attached hydrogen (secondary N) is 1. The number of nitrogens with zero attached hydrogens (tertiary/aromatic N) is 5. The molecule has 1 saturated heterocycles. The molecule has 0 amide bonds. The summed E-state index contributed by atoms with van der Waals surface area (Å²) in [7, 11) is 0. The van der Waals surface area contributed by atoms with Crippen LogP contribution >= 0.6 is 11.6 Å². The summed E-state index contributed by atoms with van der Waals surface area (Å²) in [6.45, 7) is 4.16. The molecule has 9 nitrogen and oxygen atoms in total.